The summed E-state index contributed by atoms with van der Waals surface area (Å²) in [5.41, 5.74) is 1.63. The molecule has 1 saturated heterocycles. The number of nitrogens with zero attached hydrogens (tertiary/aromatic N) is 6. The van der Waals surface area contributed by atoms with Crippen LogP contribution in [0.15, 0.2) is 22.3 Å². The van der Waals surface area contributed by atoms with E-state index in [-0.39, 0.29) is 11.8 Å². The number of carbonyl (C=O) groups is 1. The van der Waals surface area contributed by atoms with E-state index in [0.29, 0.717) is 30.8 Å². The first-order valence-corrected chi connectivity index (χ1v) is 10.5. The number of amidine groups is 1. The minimum atomic E-state index is -0.523. The monoisotopic (exact) mass is 415 g/mol. The normalized spacial score (nSPS) is 23.7. The van der Waals surface area contributed by atoms with Gasteiger partial charge in [0, 0.05) is 31.2 Å². The summed E-state index contributed by atoms with van der Waals surface area (Å²) in [5.74, 6) is 0.666. The Labute approximate surface area is 176 Å². The van der Waals surface area contributed by atoms with E-state index in [1.165, 1.54) is 0 Å². The maximum absolute atomic E-state index is 14.1. The number of piperazine rings is 1. The molecular weight excluding hydrogens is 385 g/mol. The molecule has 1 atom stereocenters. The first kappa shape index (κ1) is 20.7. The van der Waals surface area contributed by atoms with Gasteiger partial charge in [-0.25, -0.2) is 19.2 Å². The van der Waals surface area contributed by atoms with E-state index in [4.69, 9.17) is 0 Å². The number of hydrogen-bond donors (Lipinski definition) is 1. The standard InChI is InChI=1S/C21H30FN7O/c1-6-14-11-28(8-7-27(14)5)20(30)29-12-15-16(21(29,3)4)9-24-18(15)26-19-17(22)10-23-13(2)25-19/h10,14H,6-9,11-12H2,1-5H3,(H,23,24,25,26)/t14-/m1/s1. The van der Waals surface area contributed by atoms with Crippen LogP contribution in [0, 0.1) is 12.7 Å². The van der Waals surface area contributed by atoms with Crippen LogP contribution < -0.4 is 5.32 Å². The first-order chi connectivity index (χ1) is 14.2. The summed E-state index contributed by atoms with van der Waals surface area (Å²) in [5, 5.41) is 3.03. The molecule has 3 aliphatic heterocycles. The van der Waals surface area contributed by atoms with Crippen molar-refractivity contribution in [2.24, 2.45) is 4.99 Å². The molecule has 4 heterocycles. The van der Waals surface area contributed by atoms with Gasteiger partial charge in [0.15, 0.2) is 11.6 Å². The zero-order valence-electron chi connectivity index (χ0n) is 18.4. The van der Waals surface area contributed by atoms with Crippen LogP contribution in [0.5, 0.6) is 0 Å². The maximum atomic E-state index is 14.1. The SMILES string of the molecule is CC[C@@H]1CN(C(=O)N2CC3=C(CN=C3Nc3nc(C)ncc3F)C2(C)C)CCN1C. The first-order valence-electron chi connectivity index (χ1n) is 10.5. The van der Waals surface area contributed by atoms with E-state index in [0.717, 1.165) is 43.4 Å². The molecule has 0 bridgehead atoms. The predicted octanol–water partition coefficient (Wildman–Crippen LogP) is 2.28. The molecule has 4 rings (SSSR count). The highest BCUT2D eigenvalue weighted by Gasteiger charge is 2.47. The van der Waals surface area contributed by atoms with Crippen LogP contribution in [-0.4, -0.2) is 87.9 Å². The Balaban J connectivity index is 1.52. The lowest BCUT2D eigenvalue weighted by Gasteiger charge is -2.43. The van der Waals surface area contributed by atoms with Crippen molar-refractivity contribution in [3.8, 4) is 0 Å². The number of aliphatic imine (C=N–C) groups is 1. The number of anilines is 1. The number of aryl methyl sites for hydroxylation is 1. The second kappa shape index (κ2) is 7.61. The Morgan fingerprint density at radius 2 is 2.13 bits per heavy atom. The zero-order valence-corrected chi connectivity index (χ0v) is 18.4. The van der Waals surface area contributed by atoms with Crippen LogP contribution in [0.1, 0.15) is 33.0 Å². The third kappa shape index (κ3) is 3.45. The van der Waals surface area contributed by atoms with Gasteiger partial charge in [-0.3, -0.25) is 9.89 Å². The summed E-state index contributed by atoms with van der Waals surface area (Å²) in [6.07, 6.45) is 2.17. The van der Waals surface area contributed by atoms with Gasteiger partial charge >= 0.3 is 6.03 Å². The molecule has 0 unspecified atom stereocenters. The Hall–Kier alpha value is -2.55. The van der Waals surface area contributed by atoms with Gasteiger partial charge in [0.2, 0.25) is 0 Å². The molecule has 9 heteroatoms. The molecule has 8 nitrogen and oxygen atoms in total. The van der Waals surface area contributed by atoms with E-state index in [1.54, 1.807) is 6.92 Å². The van der Waals surface area contributed by atoms with Crippen molar-refractivity contribution in [2.45, 2.75) is 45.7 Å². The van der Waals surface area contributed by atoms with Crippen molar-refractivity contribution in [1.82, 2.24) is 24.7 Å². The molecule has 30 heavy (non-hydrogen) atoms. The van der Waals surface area contributed by atoms with Gasteiger partial charge in [0.05, 0.1) is 24.8 Å². The van der Waals surface area contributed by atoms with Crippen LogP contribution in [0.4, 0.5) is 15.0 Å². The Morgan fingerprint density at radius 3 is 2.87 bits per heavy atom. The summed E-state index contributed by atoms with van der Waals surface area (Å²) >= 11 is 0. The summed E-state index contributed by atoms with van der Waals surface area (Å²) in [6.45, 7) is 11.3. The van der Waals surface area contributed by atoms with Gasteiger partial charge in [-0.1, -0.05) is 6.92 Å². The highest BCUT2D eigenvalue weighted by molar-refractivity contribution is 6.11. The van der Waals surface area contributed by atoms with Gasteiger partial charge in [-0.2, -0.15) is 0 Å². The Bertz CT molecular complexity index is 926. The summed E-state index contributed by atoms with van der Waals surface area (Å²) in [7, 11) is 2.12. The number of aromatic nitrogens is 2. The highest BCUT2D eigenvalue weighted by atomic mass is 19.1. The molecule has 0 spiro atoms. The van der Waals surface area contributed by atoms with Crippen LogP contribution in [0.3, 0.4) is 0 Å². The largest absolute Gasteiger partial charge is 0.322 e. The molecule has 0 radical (unpaired) electrons. The van der Waals surface area contributed by atoms with E-state index in [1.807, 2.05) is 9.80 Å². The molecule has 0 aromatic carbocycles. The average molecular weight is 416 g/mol. The predicted molar refractivity (Wildman–Crippen MR) is 114 cm³/mol. The number of hydrogen-bond acceptors (Lipinski definition) is 6. The number of likely N-dealkylation sites (N-methyl/N-ethyl adjacent to an activating group) is 1. The molecule has 1 fully saturated rings. The lowest BCUT2D eigenvalue weighted by Crippen LogP contribution is -2.58. The smallest absolute Gasteiger partial charge is 0.321 e. The van der Waals surface area contributed by atoms with Crippen LogP contribution in [0.2, 0.25) is 0 Å². The summed E-state index contributed by atoms with van der Waals surface area (Å²) < 4.78 is 14.1. The van der Waals surface area contributed by atoms with Gasteiger partial charge in [-0.05, 0) is 39.8 Å². The van der Waals surface area contributed by atoms with Gasteiger partial charge < -0.3 is 15.1 Å². The maximum Gasteiger partial charge on any atom is 0.321 e. The Morgan fingerprint density at radius 1 is 1.37 bits per heavy atom. The fourth-order valence-electron chi connectivity index (χ4n) is 4.55. The summed E-state index contributed by atoms with van der Waals surface area (Å²) in [4.78, 5) is 32.2. The molecule has 0 aliphatic carbocycles. The minimum Gasteiger partial charge on any atom is -0.322 e. The Kier molecular flexibility index (Phi) is 5.25. The zero-order chi connectivity index (χ0) is 21.6. The fraction of sp³-hybridized carbons (Fsp3) is 0.619. The fourth-order valence-corrected chi connectivity index (χ4v) is 4.55. The van der Waals surface area contributed by atoms with Gasteiger partial charge in [0.25, 0.3) is 0 Å². The molecule has 3 aliphatic rings. The number of halogens is 1. The third-order valence-corrected chi connectivity index (χ3v) is 6.63. The third-order valence-electron chi connectivity index (χ3n) is 6.63. The number of rotatable bonds is 2. The number of amides is 2. The molecule has 1 aromatic rings. The van der Waals surface area contributed by atoms with Crippen molar-refractivity contribution in [3.63, 3.8) is 0 Å². The highest BCUT2D eigenvalue weighted by Crippen LogP contribution is 2.39. The van der Waals surface area contributed by atoms with E-state index >= 15 is 0 Å². The van der Waals surface area contributed by atoms with Gasteiger partial charge in [-0.15, -0.1) is 0 Å². The molecule has 0 saturated carbocycles. The van der Waals surface area contributed by atoms with Gasteiger partial charge in [0.1, 0.15) is 11.7 Å². The van der Waals surface area contributed by atoms with Crippen LogP contribution in [0.25, 0.3) is 0 Å². The minimum absolute atomic E-state index is 0.0596. The quantitative estimate of drug-likeness (QED) is 0.802. The number of nitrogens with one attached hydrogen (secondary N) is 1. The molecule has 1 aromatic heterocycles. The number of carbonyl (C=O) groups excluding carboxylic acids is 1. The topological polar surface area (TPSA) is 77.0 Å². The average Bonchev–Trinajstić information content (AvgIpc) is 3.23. The van der Waals surface area contributed by atoms with Crippen molar-refractivity contribution in [3.05, 3.63) is 29.0 Å². The lowest BCUT2D eigenvalue weighted by molar-refractivity contribution is 0.0780. The van der Waals surface area contributed by atoms with Crippen LogP contribution in [-0.2, 0) is 0 Å². The van der Waals surface area contributed by atoms with E-state index < -0.39 is 11.4 Å². The van der Waals surface area contributed by atoms with Crippen molar-refractivity contribution < 1.29 is 9.18 Å². The van der Waals surface area contributed by atoms with E-state index in [2.05, 4.69) is 53.0 Å². The van der Waals surface area contributed by atoms with E-state index in [9.17, 15) is 9.18 Å². The van der Waals surface area contributed by atoms with Crippen molar-refractivity contribution in [2.75, 3.05) is 45.1 Å². The number of urea groups is 1. The molecular formula is C21H30FN7O. The molecule has 1 N–H and O–H groups in total. The summed E-state index contributed by atoms with van der Waals surface area (Å²) in [6, 6.07) is 0.445. The van der Waals surface area contributed by atoms with Crippen molar-refractivity contribution in [1.29, 1.82) is 0 Å². The second-order valence-corrected chi connectivity index (χ2v) is 8.78. The lowest BCUT2D eigenvalue weighted by atomic mass is 9.94. The molecule has 162 valence electrons. The van der Waals surface area contributed by atoms with Crippen LogP contribution >= 0.6 is 0 Å². The molecule has 2 amide bonds. The second-order valence-electron chi connectivity index (χ2n) is 8.78. The van der Waals surface area contributed by atoms with Crippen molar-refractivity contribution >= 4 is 17.7 Å².